The summed E-state index contributed by atoms with van der Waals surface area (Å²) in [6.07, 6.45) is 1.80. The van der Waals surface area contributed by atoms with Crippen LogP contribution in [0.25, 0.3) is 0 Å². The molecule has 0 radical (unpaired) electrons. The number of urea groups is 1. The van der Waals surface area contributed by atoms with Crippen LogP contribution in [0.2, 0.25) is 0 Å². The third-order valence-corrected chi connectivity index (χ3v) is 3.16. The van der Waals surface area contributed by atoms with Gasteiger partial charge in [0.15, 0.2) is 0 Å². The Balaban J connectivity index is 2.28. The largest absolute Gasteiger partial charge is 0.373 e. The number of fused-ring (bicyclic) bond motifs is 1. The molecule has 2 aliphatic rings. The molecule has 2 rings (SSSR count). The van der Waals surface area contributed by atoms with Crippen molar-refractivity contribution in [2.24, 2.45) is 5.41 Å². The summed E-state index contributed by atoms with van der Waals surface area (Å²) in [5.41, 5.74) is -0.477. The number of rotatable bonds is 2. The Hall–Kier alpha value is -1.07. The molecule has 15 heavy (non-hydrogen) atoms. The fourth-order valence-corrected chi connectivity index (χ4v) is 2.49. The zero-order valence-electron chi connectivity index (χ0n) is 8.69. The molecule has 2 heterocycles. The van der Waals surface area contributed by atoms with Crippen molar-refractivity contribution in [3.8, 4) is 0 Å². The molecule has 0 aromatic carbocycles. The van der Waals surface area contributed by atoms with Gasteiger partial charge >= 0.3 is 6.03 Å². The van der Waals surface area contributed by atoms with Gasteiger partial charge in [-0.25, -0.2) is 4.79 Å². The summed E-state index contributed by atoms with van der Waals surface area (Å²) in [7, 11) is 0. The van der Waals surface area contributed by atoms with E-state index in [4.69, 9.17) is 4.74 Å². The molecule has 2 saturated heterocycles. The van der Waals surface area contributed by atoms with Crippen LogP contribution in [0.5, 0.6) is 0 Å². The molecule has 0 aliphatic carbocycles. The van der Waals surface area contributed by atoms with Crippen LogP contribution in [-0.2, 0) is 4.74 Å². The van der Waals surface area contributed by atoms with E-state index in [0.29, 0.717) is 12.8 Å². The number of aliphatic hydroxyl groups excluding tert-OH is 1. The Labute approximate surface area is 88.5 Å². The van der Waals surface area contributed by atoms with Crippen LogP contribution in [-0.4, -0.2) is 29.7 Å². The zero-order valence-corrected chi connectivity index (χ0v) is 8.69. The summed E-state index contributed by atoms with van der Waals surface area (Å²) >= 11 is 0. The first-order valence-corrected chi connectivity index (χ1v) is 5.10. The Kier molecular flexibility index (Phi) is 2.44. The highest BCUT2D eigenvalue weighted by Crippen LogP contribution is 2.44. The van der Waals surface area contributed by atoms with E-state index >= 15 is 0 Å². The Morgan fingerprint density at radius 1 is 1.73 bits per heavy atom. The Morgan fingerprint density at radius 3 is 3.13 bits per heavy atom. The summed E-state index contributed by atoms with van der Waals surface area (Å²) in [6, 6.07) is -0.388. The fourth-order valence-electron chi connectivity index (χ4n) is 2.49. The lowest BCUT2D eigenvalue weighted by Crippen LogP contribution is -2.65. The average Bonchev–Trinajstić information content (AvgIpc) is 2.43. The Bertz CT molecular complexity index is 294. The number of carbonyl (C=O) groups excluding carboxylic acids is 1. The third-order valence-electron chi connectivity index (χ3n) is 3.16. The van der Waals surface area contributed by atoms with E-state index in [-0.39, 0.29) is 12.1 Å². The van der Waals surface area contributed by atoms with E-state index in [9.17, 15) is 9.90 Å². The molecular weight excluding hydrogens is 196 g/mol. The van der Waals surface area contributed by atoms with Crippen molar-refractivity contribution in [1.29, 1.82) is 0 Å². The minimum absolute atomic E-state index is 0.0322. The van der Waals surface area contributed by atoms with Crippen LogP contribution in [0.15, 0.2) is 12.7 Å². The first kappa shape index (κ1) is 10.4. The summed E-state index contributed by atoms with van der Waals surface area (Å²) in [5, 5.41) is 15.1. The van der Waals surface area contributed by atoms with E-state index in [1.165, 1.54) is 0 Å². The van der Waals surface area contributed by atoms with Crippen LogP contribution in [0.3, 0.4) is 0 Å². The number of carbonyl (C=O) groups is 1. The molecular formula is C10H16N2O3. The van der Waals surface area contributed by atoms with Crippen LogP contribution in [0.1, 0.15) is 19.8 Å². The smallest absolute Gasteiger partial charge is 0.318 e. The van der Waals surface area contributed by atoms with Crippen molar-refractivity contribution in [2.45, 2.75) is 38.3 Å². The first-order chi connectivity index (χ1) is 7.08. The standard InChI is InChI=1S/C10H16N2O3/c1-3-4-10-5-6(2)15-8(10)12-9(14)11-7(10)13/h3,6-8,13H,1,4-5H2,2H3,(H2,11,12,14). The number of allylic oxidation sites excluding steroid dienone is 1. The second-order valence-corrected chi connectivity index (χ2v) is 4.28. The zero-order chi connectivity index (χ0) is 11.1. The third kappa shape index (κ3) is 1.52. The van der Waals surface area contributed by atoms with Crippen LogP contribution < -0.4 is 10.6 Å². The predicted octanol–water partition coefficient (Wildman–Crippen LogP) is 0.315. The second-order valence-electron chi connectivity index (χ2n) is 4.28. The van der Waals surface area contributed by atoms with Crippen LogP contribution in [0, 0.1) is 5.41 Å². The van der Waals surface area contributed by atoms with Gasteiger partial charge in [0.05, 0.1) is 11.5 Å². The van der Waals surface area contributed by atoms with Crippen molar-refractivity contribution in [3.63, 3.8) is 0 Å². The quantitative estimate of drug-likeness (QED) is 0.577. The summed E-state index contributed by atoms with van der Waals surface area (Å²) in [5.74, 6) is 0. The minimum Gasteiger partial charge on any atom is -0.373 e. The Morgan fingerprint density at radius 2 is 2.47 bits per heavy atom. The van der Waals surface area contributed by atoms with E-state index < -0.39 is 17.9 Å². The summed E-state index contributed by atoms with van der Waals surface area (Å²) in [4.78, 5) is 11.2. The average molecular weight is 212 g/mol. The van der Waals surface area contributed by atoms with Gasteiger partial charge < -0.3 is 20.5 Å². The molecule has 0 saturated carbocycles. The lowest BCUT2D eigenvalue weighted by Gasteiger charge is -2.41. The molecule has 5 heteroatoms. The normalized spacial score (nSPS) is 44.1. The number of hydrogen-bond donors (Lipinski definition) is 3. The fraction of sp³-hybridized carbons (Fsp3) is 0.700. The molecule has 0 bridgehead atoms. The molecule has 5 nitrogen and oxygen atoms in total. The van der Waals surface area contributed by atoms with Gasteiger partial charge in [-0.15, -0.1) is 6.58 Å². The van der Waals surface area contributed by atoms with Crippen molar-refractivity contribution >= 4 is 6.03 Å². The molecule has 4 atom stereocenters. The van der Waals surface area contributed by atoms with Crippen molar-refractivity contribution in [1.82, 2.24) is 10.6 Å². The van der Waals surface area contributed by atoms with Gasteiger partial charge in [0.25, 0.3) is 0 Å². The second kappa shape index (κ2) is 3.50. The number of hydrogen-bond acceptors (Lipinski definition) is 3. The van der Waals surface area contributed by atoms with Crippen molar-refractivity contribution < 1.29 is 14.6 Å². The topological polar surface area (TPSA) is 70.6 Å². The lowest BCUT2D eigenvalue weighted by atomic mass is 9.77. The summed E-state index contributed by atoms with van der Waals surface area (Å²) < 4.78 is 5.58. The monoisotopic (exact) mass is 212 g/mol. The van der Waals surface area contributed by atoms with Gasteiger partial charge in [-0.3, -0.25) is 0 Å². The number of nitrogens with one attached hydrogen (secondary N) is 2. The van der Waals surface area contributed by atoms with Gasteiger partial charge in [0.1, 0.15) is 12.5 Å². The van der Waals surface area contributed by atoms with E-state index in [2.05, 4.69) is 17.2 Å². The number of ether oxygens (including phenoxy) is 1. The highest BCUT2D eigenvalue weighted by Gasteiger charge is 2.55. The van der Waals surface area contributed by atoms with E-state index in [1.54, 1.807) is 6.08 Å². The molecule has 3 N–H and O–H groups in total. The van der Waals surface area contributed by atoms with Crippen LogP contribution in [0.4, 0.5) is 4.79 Å². The molecule has 84 valence electrons. The van der Waals surface area contributed by atoms with E-state index in [0.717, 1.165) is 0 Å². The SMILES string of the molecule is C=CCC12CC(C)OC1NC(=O)NC2O. The summed E-state index contributed by atoms with van der Waals surface area (Å²) in [6.45, 7) is 5.61. The highest BCUT2D eigenvalue weighted by atomic mass is 16.5. The first-order valence-electron chi connectivity index (χ1n) is 5.10. The molecule has 4 unspecified atom stereocenters. The highest BCUT2D eigenvalue weighted by molar-refractivity contribution is 5.75. The maximum Gasteiger partial charge on any atom is 0.318 e. The minimum atomic E-state index is -0.876. The van der Waals surface area contributed by atoms with Crippen molar-refractivity contribution in [2.75, 3.05) is 0 Å². The number of amides is 2. The van der Waals surface area contributed by atoms with Gasteiger partial charge in [0.2, 0.25) is 0 Å². The maximum atomic E-state index is 11.2. The van der Waals surface area contributed by atoms with Gasteiger partial charge in [-0.1, -0.05) is 6.08 Å². The van der Waals surface area contributed by atoms with Crippen LogP contribution >= 0.6 is 0 Å². The van der Waals surface area contributed by atoms with Crippen molar-refractivity contribution in [3.05, 3.63) is 12.7 Å². The molecule has 0 spiro atoms. The molecule has 2 aliphatic heterocycles. The molecule has 2 amide bonds. The van der Waals surface area contributed by atoms with Gasteiger partial charge in [-0.2, -0.15) is 0 Å². The number of aliphatic hydroxyl groups is 1. The maximum absolute atomic E-state index is 11.2. The lowest BCUT2D eigenvalue weighted by molar-refractivity contribution is -0.0783. The van der Waals surface area contributed by atoms with Gasteiger partial charge in [-0.05, 0) is 19.8 Å². The van der Waals surface area contributed by atoms with Gasteiger partial charge in [0, 0.05) is 0 Å². The van der Waals surface area contributed by atoms with E-state index in [1.807, 2.05) is 6.92 Å². The predicted molar refractivity (Wildman–Crippen MR) is 53.9 cm³/mol. The molecule has 0 aromatic heterocycles. The molecule has 2 fully saturated rings. The molecule has 0 aromatic rings.